The molecule has 1 N–H and O–H groups in total. The summed E-state index contributed by atoms with van der Waals surface area (Å²) in [5.74, 6) is -0.928. The minimum atomic E-state index is -0.928. The third-order valence-corrected chi connectivity index (χ3v) is 1.78. The van der Waals surface area contributed by atoms with Gasteiger partial charge in [0.2, 0.25) is 0 Å². The smallest absolute Gasteiger partial charge is 0.329 e. The predicted octanol–water partition coefficient (Wildman–Crippen LogP) is 2.22. The van der Waals surface area contributed by atoms with Crippen LogP contribution in [0.5, 0.6) is 0 Å². The molecule has 0 aliphatic carbocycles. The lowest BCUT2D eigenvalue weighted by molar-refractivity contribution is -0.143. The Morgan fingerprint density at radius 2 is 2.31 bits per heavy atom. The van der Waals surface area contributed by atoms with Crippen molar-refractivity contribution in [3.8, 4) is 0 Å². The Hall–Kier alpha value is -0.830. The van der Waals surface area contributed by atoms with E-state index in [1.165, 1.54) is 0 Å². The summed E-state index contributed by atoms with van der Waals surface area (Å²) in [6.07, 6.45) is 5.79. The minimum absolute atomic E-state index is 0.109. The van der Waals surface area contributed by atoms with Gasteiger partial charge in [0.25, 0.3) is 0 Å². The molecule has 3 heteroatoms. The number of unbranched alkanes of at least 4 members (excludes halogenated alkanes) is 2. The van der Waals surface area contributed by atoms with Crippen molar-refractivity contribution in [2.24, 2.45) is 0 Å². The second kappa shape index (κ2) is 7.80. The van der Waals surface area contributed by atoms with E-state index < -0.39 is 5.97 Å². The van der Waals surface area contributed by atoms with Gasteiger partial charge in [-0.3, -0.25) is 0 Å². The number of carboxylic acid groups (broad SMARTS) is 1. The molecule has 0 fully saturated rings. The first-order chi connectivity index (χ1) is 6.20. The van der Waals surface area contributed by atoms with E-state index in [-0.39, 0.29) is 12.7 Å². The molecule has 0 spiro atoms. The van der Waals surface area contributed by atoms with Gasteiger partial charge in [-0.15, -0.1) is 6.58 Å². The summed E-state index contributed by atoms with van der Waals surface area (Å²) in [6.45, 7) is 5.49. The molecule has 76 valence electrons. The molecule has 0 heterocycles. The summed E-state index contributed by atoms with van der Waals surface area (Å²) in [6, 6.07) is 0. The maximum atomic E-state index is 10.2. The maximum Gasteiger partial charge on any atom is 0.329 e. The third kappa shape index (κ3) is 7.53. The number of rotatable bonds is 8. The Morgan fingerprint density at radius 3 is 2.77 bits per heavy atom. The van der Waals surface area contributed by atoms with Crippen LogP contribution in [0.25, 0.3) is 0 Å². The van der Waals surface area contributed by atoms with E-state index in [0.29, 0.717) is 0 Å². The lowest BCUT2D eigenvalue weighted by atomic mass is 10.1. The minimum Gasteiger partial charge on any atom is -0.480 e. The highest BCUT2D eigenvalue weighted by Gasteiger charge is 2.05. The Morgan fingerprint density at radius 1 is 1.62 bits per heavy atom. The molecule has 0 aliphatic rings. The number of hydrogen-bond acceptors (Lipinski definition) is 2. The summed E-state index contributed by atoms with van der Waals surface area (Å²) >= 11 is 0. The molecule has 0 radical (unpaired) electrons. The highest BCUT2D eigenvalue weighted by molar-refractivity contribution is 5.68. The van der Waals surface area contributed by atoms with E-state index in [1.54, 1.807) is 6.08 Å². The van der Waals surface area contributed by atoms with Gasteiger partial charge in [0.05, 0.1) is 6.10 Å². The van der Waals surface area contributed by atoms with E-state index in [1.807, 2.05) is 0 Å². The average molecular weight is 186 g/mol. The van der Waals surface area contributed by atoms with Crippen LogP contribution >= 0.6 is 0 Å². The molecule has 0 saturated carbocycles. The van der Waals surface area contributed by atoms with Crippen molar-refractivity contribution in [1.29, 1.82) is 0 Å². The third-order valence-electron chi connectivity index (χ3n) is 1.78. The van der Waals surface area contributed by atoms with Crippen LogP contribution in [0.2, 0.25) is 0 Å². The van der Waals surface area contributed by atoms with Gasteiger partial charge in [-0.05, 0) is 6.42 Å². The van der Waals surface area contributed by atoms with Crippen LogP contribution < -0.4 is 0 Å². The lowest BCUT2D eigenvalue weighted by Gasteiger charge is -2.11. The fraction of sp³-hybridized carbons (Fsp3) is 0.700. The molecular formula is C10H18O3. The Balaban J connectivity index is 3.51. The Bertz CT molecular complexity index is 154. The van der Waals surface area contributed by atoms with E-state index in [2.05, 4.69) is 13.5 Å². The summed E-state index contributed by atoms with van der Waals surface area (Å²) in [5, 5.41) is 8.37. The second-order valence-corrected chi connectivity index (χ2v) is 2.97. The van der Waals surface area contributed by atoms with Crippen LogP contribution in [0, 0.1) is 0 Å². The van der Waals surface area contributed by atoms with Gasteiger partial charge in [-0.2, -0.15) is 0 Å². The van der Waals surface area contributed by atoms with E-state index in [4.69, 9.17) is 9.84 Å². The molecule has 0 saturated heterocycles. The molecule has 0 bridgehead atoms. The fourth-order valence-corrected chi connectivity index (χ4v) is 1.04. The molecule has 0 aromatic rings. The number of aliphatic carboxylic acids is 1. The first kappa shape index (κ1) is 12.2. The quantitative estimate of drug-likeness (QED) is 0.467. The highest BCUT2D eigenvalue weighted by Crippen LogP contribution is 2.07. The normalized spacial score (nSPS) is 12.4. The standard InChI is InChI=1S/C10H18O3/c1-3-5-6-7-9(4-2)13-8-10(11)12/h4,9H,2-3,5-8H2,1H3,(H,11,12). The van der Waals surface area contributed by atoms with Crippen molar-refractivity contribution < 1.29 is 14.6 Å². The Labute approximate surface area is 79.4 Å². The zero-order valence-electron chi connectivity index (χ0n) is 8.16. The zero-order valence-corrected chi connectivity index (χ0v) is 8.16. The number of carboxylic acids is 1. The summed E-state index contributed by atoms with van der Waals surface area (Å²) in [7, 11) is 0. The Kier molecular flexibility index (Phi) is 7.30. The van der Waals surface area contributed by atoms with Crippen LogP contribution in [-0.2, 0) is 9.53 Å². The summed E-state index contributed by atoms with van der Waals surface area (Å²) in [4.78, 5) is 10.2. The molecule has 0 aliphatic heterocycles. The van der Waals surface area contributed by atoms with Crippen LogP contribution in [0.15, 0.2) is 12.7 Å². The van der Waals surface area contributed by atoms with Gasteiger partial charge < -0.3 is 9.84 Å². The van der Waals surface area contributed by atoms with Crippen molar-refractivity contribution >= 4 is 5.97 Å². The van der Waals surface area contributed by atoms with Crippen molar-refractivity contribution in [2.45, 2.75) is 38.7 Å². The van der Waals surface area contributed by atoms with Crippen molar-refractivity contribution in [3.63, 3.8) is 0 Å². The van der Waals surface area contributed by atoms with Crippen molar-refractivity contribution in [2.75, 3.05) is 6.61 Å². The monoisotopic (exact) mass is 186 g/mol. The molecule has 1 atom stereocenters. The van der Waals surface area contributed by atoms with E-state index >= 15 is 0 Å². The van der Waals surface area contributed by atoms with Crippen LogP contribution in [0.4, 0.5) is 0 Å². The first-order valence-electron chi connectivity index (χ1n) is 4.66. The molecule has 0 rings (SSSR count). The van der Waals surface area contributed by atoms with E-state index in [0.717, 1.165) is 25.7 Å². The largest absolute Gasteiger partial charge is 0.480 e. The highest BCUT2D eigenvalue weighted by atomic mass is 16.5. The van der Waals surface area contributed by atoms with Gasteiger partial charge >= 0.3 is 5.97 Å². The summed E-state index contributed by atoms with van der Waals surface area (Å²) < 4.78 is 5.08. The lowest BCUT2D eigenvalue weighted by Crippen LogP contribution is -2.15. The first-order valence-corrected chi connectivity index (χ1v) is 4.66. The molecule has 3 nitrogen and oxygen atoms in total. The van der Waals surface area contributed by atoms with Crippen molar-refractivity contribution in [1.82, 2.24) is 0 Å². The van der Waals surface area contributed by atoms with Gasteiger partial charge in [0.1, 0.15) is 6.61 Å². The van der Waals surface area contributed by atoms with Gasteiger partial charge in [-0.1, -0.05) is 32.3 Å². The number of carbonyl (C=O) groups is 1. The van der Waals surface area contributed by atoms with Crippen molar-refractivity contribution in [3.05, 3.63) is 12.7 Å². The molecular weight excluding hydrogens is 168 g/mol. The fourth-order valence-electron chi connectivity index (χ4n) is 1.04. The molecule has 0 amide bonds. The zero-order chi connectivity index (χ0) is 10.1. The molecule has 0 aromatic carbocycles. The predicted molar refractivity (Wildman–Crippen MR) is 51.7 cm³/mol. The topological polar surface area (TPSA) is 46.5 Å². The van der Waals surface area contributed by atoms with Crippen LogP contribution in [0.1, 0.15) is 32.6 Å². The number of ether oxygens (including phenoxy) is 1. The van der Waals surface area contributed by atoms with Crippen LogP contribution in [0.3, 0.4) is 0 Å². The average Bonchev–Trinajstić information content (AvgIpc) is 2.10. The second-order valence-electron chi connectivity index (χ2n) is 2.97. The van der Waals surface area contributed by atoms with Gasteiger partial charge in [0.15, 0.2) is 0 Å². The van der Waals surface area contributed by atoms with Gasteiger partial charge in [0, 0.05) is 0 Å². The van der Waals surface area contributed by atoms with E-state index in [9.17, 15) is 4.79 Å². The summed E-state index contributed by atoms with van der Waals surface area (Å²) in [5.41, 5.74) is 0. The SMILES string of the molecule is C=CC(CCCCC)OCC(=O)O. The molecule has 13 heavy (non-hydrogen) atoms. The maximum absolute atomic E-state index is 10.2. The molecule has 0 aromatic heterocycles. The molecule has 1 unspecified atom stereocenters. The van der Waals surface area contributed by atoms with Crippen LogP contribution in [-0.4, -0.2) is 23.8 Å². The number of hydrogen-bond donors (Lipinski definition) is 1. The van der Waals surface area contributed by atoms with Gasteiger partial charge in [-0.25, -0.2) is 4.79 Å².